The van der Waals surface area contributed by atoms with Crippen LogP contribution in [0, 0.1) is 4.77 Å². The van der Waals surface area contributed by atoms with E-state index in [1.54, 1.807) is 15.8 Å². The molecule has 0 fully saturated rings. The predicted octanol–water partition coefficient (Wildman–Crippen LogP) is 1.37. The number of aromatic nitrogens is 3. The van der Waals surface area contributed by atoms with Gasteiger partial charge in [-0.3, -0.25) is 14.5 Å². The van der Waals surface area contributed by atoms with Crippen LogP contribution in [0.3, 0.4) is 0 Å². The summed E-state index contributed by atoms with van der Waals surface area (Å²) >= 11 is 5.01. The monoisotopic (exact) mass is 228 g/mol. The molecule has 1 heterocycles. The van der Waals surface area contributed by atoms with Crippen LogP contribution in [0.4, 0.5) is 0 Å². The van der Waals surface area contributed by atoms with Gasteiger partial charge in [0.25, 0.3) is 0 Å². The first-order chi connectivity index (χ1) is 7.11. The lowest BCUT2D eigenvalue weighted by Gasteiger charge is -2.23. The van der Waals surface area contributed by atoms with Gasteiger partial charge in [-0.2, -0.15) is 5.10 Å². The van der Waals surface area contributed by atoms with Crippen molar-refractivity contribution in [2.75, 3.05) is 13.1 Å². The summed E-state index contributed by atoms with van der Waals surface area (Å²) in [7, 11) is 0. The molecule has 1 aromatic heterocycles. The Labute approximate surface area is 94.1 Å². The molecule has 1 amide bonds. The highest BCUT2D eigenvalue weighted by Gasteiger charge is 2.19. The number of hydrogen-bond acceptors (Lipinski definition) is 3. The lowest BCUT2D eigenvalue weighted by atomic mass is 10.3. The van der Waals surface area contributed by atoms with E-state index in [0.717, 1.165) is 0 Å². The zero-order valence-corrected chi connectivity index (χ0v) is 10.0. The van der Waals surface area contributed by atoms with E-state index < -0.39 is 0 Å². The molecule has 84 valence electrons. The molecule has 0 radical (unpaired) electrons. The zero-order valence-electron chi connectivity index (χ0n) is 9.23. The van der Waals surface area contributed by atoms with Gasteiger partial charge in [0.15, 0.2) is 4.77 Å². The number of aromatic amines is 1. The van der Waals surface area contributed by atoms with E-state index in [4.69, 9.17) is 12.2 Å². The molecule has 1 aromatic rings. The maximum absolute atomic E-state index is 12.0. The first kappa shape index (κ1) is 11.9. The third-order valence-electron chi connectivity index (χ3n) is 2.43. The van der Waals surface area contributed by atoms with Crippen LogP contribution in [0.5, 0.6) is 0 Å². The molecule has 6 heteroatoms. The van der Waals surface area contributed by atoms with Gasteiger partial charge in [-0.05, 0) is 33.0 Å². The summed E-state index contributed by atoms with van der Waals surface area (Å²) in [6, 6.07) is -0.295. The Bertz CT molecular complexity index is 379. The lowest BCUT2D eigenvalue weighted by molar-refractivity contribution is -0.133. The molecular formula is C9H16N4OS. The molecular weight excluding hydrogens is 212 g/mol. The number of amides is 1. The Hall–Kier alpha value is -1.17. The third-order valence-corrected chi connectivity index (χ3v) is 2.73. The molecule has 0 aliphatic carbocycles. The maximum Gasteiger partial charge on any atom is 0.245 e. The number of rotatable bonds is 4. The molecule has 0 bridgehead atoms. The highest BCUT2D eigenvalue weighted by atomic mass is 32.1. The number of carbonyl (C=O) groups excluding carboxylic acids is 1. The number of nitrogens with one attached hydrogen (secondary N) is 1. The summed E-state index contributed by atoms with van der Waals surface area (Å²) in [5.41, 5.74) is 0. The third kappa shape index (κ3) is 2.44. The molecule has 15 heavy (non-hydrogen) atoms. The predicted molar refractivity (Wildman–Crippen MR) is 60.1 cm³/mol. The van der Waals surface area contributed by atoms with E-state index in [-0.39, 0.29) is 11.9 Å². The number of carbonyl (C=O) groups is 1. The fourth-order valence-electron chi connectivity index (χ4n) is 1.45. The number of likely N-dealkylation sites (N-methyl/N-ethyl adjacent to an activating group) is 1. The Balaban J connectivity index is 2.86. The van der Waals surface area contributed by atoms with Gasteiger partial charge in [0.05, 0.1) is 0 Å². The zero-order chi connectivity index (χ0) is 11.4. The van der Waals surface area contributed by atoms with Crippen molar-refractivity contribution in [3.8, 4) is 0 Å². The summed E-state index contributed by atoms with van der Waals surface area (Å²) in [4.78, 5) is 13.8. The molecule has 1 N–H and O–H groups in total. The fourth-order valence-corrected chi connectivity index (χ4v) is 1.71. The molecule has 0 aromatic carbocycles. The Morgan fingerprint density at radius 1 is 1.67 bits per heavy atom. The standard InChI is InChI=1S/C9H16N4OS/c1-4-12(5-2)8(14)7(3)13-6-10-11-9(13)15/h6-7H,4-5H2,1-3H3,(H,11,15). The lowest BCUT2D eigenvalue weighted by Crippen LogP contribution is -2.35. The second-order valence-corrected chi connectivity index (χ2v) is 3.64. The molecule has 0 saturated carbocycles. The molecule has 1 atom stereocenters. The summed E-state index contributed by atoms with van der Waals surface area (Å²) in [6.07, 6.45) is 1.55. The van der Waals surface area contributed by atoms with Gasteiger partial charge in [-0.15, -0.1) is 0 Å². The van der Waals surface area contributed by atoms with Crippen LogP contribution in [0.2, 0.25) is 0 Å². The molecule has 0 aliphatic rings. The Morgan fingerprint density at radius 3 is 2.67 bits per heavy atom. The molecule has 0 aliphatic heterocycles. The first-order valence-corrected chi connectivity index (χ1v) is 5.42. The summed E-state index contributed by atoms with van der Waals surface area (Å²) in [6.45, 7) is 7.17. The van der Waals surface area contributed by atoms with Crippen molar-refractivity contribution in [3.63, 3.8) is 0 Å². The molecule has 0 saturated heterocycles. The van der Waals surface area contributed by atoms with E-state index in [9.17, 15) is 4.79 Å². The highest BCUT2D eigenvalue weighted by molar-refractivity contribution is 7.71. The maximum atomic E-state index is 12.0. The van der Waals surface area contributed by atoms with Gasteiger partial charge in [0, 0.05) is 13.1 Å². The van der Waals surface area contributed by atoms with Crippen LogP contribution in [0.25, 0.3) is 0 Å². The van der Waals surface area contributed by atoms with Gasteiger partial charge in [-0.1, -0.05) is 0 Å². The van der Waals surface area contributed by atoms with E-state index in [2.05, 4.69) is 10.2 Å². The smallest absolute Gasteiger partial charge is 0.245 e. The van der Waals surface area contributed by atoms with Crippen LogP contribution in [0.1, 0.15) is 26.8 Å². The highest BCUT2D eigenvalue weighted by Crippen LogP contribution is 2.09. The van der Waals surface area contributed by atoms with E-state index >= 15 is 0 Å². The van der Waals surface area contributed by atoms with Gasteiger partial charge in [0.1, 0.15) is 12.4 Å². The van der Waals surface area contributed by atoms with E-state index in [0.29, 0.717) is 17.9 Å². The SMILES string of the molecule is CCN(CC)C(=O)C(C)n1cn[nH]c1=S. The second-order valence-electron chi connectivity index (χ2n) is 3.26. The van der Waals surface area contributed by atoms with Crippen molar-refractivity contribution < 1.29 is 4.79 Å². The van der Waals surface area contributed by atoms with Crippen molar-refractivity contribution in [1.82, 2.24) is 19.7 Å². The molecule has 0 spiro atoms. The fraction of sp³-hybridized carbons (Fsp3) is 0.667. The molecule has 1 rings (SSSR count). The van der Waals surface area contributed by atoms with Crippen molar-refractivity contribution in [1.29, 1.82) is 0 Å². The van der Waals surface area contributed by atoms with Crippen molar-refractivity contribution in [3.05, 3.63) is 11.1 Å². The van der Waals surface area contributed by atoms with Gasteiger partial charge in [-0.25, -0.2) is 0 Å². The summed E-state index contributed by atoms with van der Waals surface area (Å²) in [5, 5.41) is 6.44. The minimum atomic E-state index is -0.295. The van der Waals surface area contributed by atoms with Crippen LogP contribution in [0.15, 0.2) is 6.33 Å². The Morgan fingerprint density at radius 2 is 2.27 bits per heavy atom. The summed E-state index contributed by atoms with van der Waals surface area (Å²) < 4.78 is 2.14. The van der Waals surface area contributed by atoms with Gasteiger partial charge < -0.3 is 4.90 Å². The van der Waals surface area contributed by atoms with Crippen molar-refractivity contribution in [2.45, 2.75) is 26.8 Å². The average Bonchev–Trinajstić information content (AvgIpc) is 2.65. The topological polar surface area (TPSA) is 53.9 Å². The van der Waals surface area contributed by atoms with E-state index in [1.807, 2.05) is 20.8 Å². The average molecular weight is 228 g/mol. The van der Waals surface area contributed by atoms with Gasteiger partial charge >= 0.3 is 0 Å². The quantitative estimate of drug-likeness (QED) is 0.792. The largest absolute Gasteiger partial charge is 0.341 e. The Kier molecular flexibility index (Phi) is 4.02. The normalized spacial score (nSPS) is 12.5. The minimum absolute atomic E-state index is 0.0671. The van der Waals surface area contributed by atoms with Crippen LogP contribution >= 0.6 is 12.2 Å². The van der Waals surface area contributed by atoms with Gasteiger partial charge in [0.2, 0.25) is 5.91 Å². The summed E-state index contributed by atoms with van der Waals surface area (Å²) in [5.74, 6) is 0.0671. The first-order valence-electron chi connectivity index (χ1n) is 5.02. The number of H-pyrrole nitrogens is 1. The number of nitrogens with zero attached hydrogens (tertiary/aromatic N) is 3. The molecule has 5 nitrogen and oxygen atoms in total. The van der Waals surface area contributed by atoms with Crippen molar-refractivity contribution >= 4 is 18.1 Å². The van der Waals surface area contributed by atoms with Crippen LogP contribution < -0.4 is 0 Å². The van der Waals surface area contributed by atoms with E-state index in [1.165, 1.54) is 0 Å². The number of hydrogen-bond donors (Lipinski definition) is 1. The molecule has 1 unspecified atom stereocenters. The van der Waals surface area contributed by atoms with Crippen LogP contribution in [-0.2, 0) is 4.79 Å². The van der Waals surface area contributed by atoms with Crippen molar-refractivity contribution in [2.24, 2.45) is 0 Å². The minimum Gasteiger partial charge on any atom is -0.341 e. The van der Waals surface area contributed by atoms with Crippen LogP contribution in [-0.4, -0.2) is 38.7 Å². The second kappa shape index (κ2) is 5.06.